The van der Waals surface area contributed by atoms with Crippen LogP contribution in [0.2, 0.25) is 0 Å². The molecule has 210 valence electrons. The van der Waals surface area contributed by atoms with Crippen LogP contribution in [-0.2, 0) is 26.7 Å². The van der Waals surface area contributed by atoms with Crippen LogP contribution in [0.3, 0.4) is 0 Å². The third kappa shape index (κ3) is 4.89. The van der Waals surface area contributed by atoms with E-state index in [4.69, 9.17) is 4.74 Å². The maximum absolute atomic E-state index is 13.8. The van der Waals surface area contributed by atoms with Crippen molar-refractivity contribution < 1.29 is 17.9 Å². The van der Waals surface area contributed by atoms with Gasteiger partial charge in [-0.15, -0.1) is 0 Å². The molecule has 0 saturated carbocycles. The quantitative estimate of drug-likeness (QED) is 0.530. The number of nitrogens with zero attached hydrogens (tertiary/aromatic N) is 3. The van der Waals surface area contributed by atoms with Crippen LogP contribution in [0, 0.1) is 6.92 Å². The highest BCUT2D eigenvalue weighted by Crippen LogP contribution is 2.45. The summed E-state index contributed by atoms with van der Waals surface area (Å²) in [5.41, 5.74) is 3.23. The lowest BCUT2D eigenvalue weighted by molar-refractivity contribution is 0.0742. The van der Waals surface area contributed by atoms with E-state index >= 15 is 0 Å². The molecule has 4 aliphatic heterocycles. The van der Waals surface area contributed by atoms with Crippen molar-refractivity contribution in [2.75, 3.05) is 26.2 Å². The van der Waals surface area contributed by atoms with E-state index in [0.717, 1.165) is 69.2 Å². The van der Waals surface area contributed by atoms with Gasteiger partial charge in [0.15, 0.2) is 0 Å². The first-order chi connectivity index (χ1) is 18.8. The highest BCUT2D eigenvalue weighted by atomic mass is 32.2. The Bertz CT molecular complexity index is 1320. The molecule has 8 heteroatoms. The van der Waals surface area contributed by atoms with E-state index in [0.29, 0.717) is 36.7 Å². The summed E-state index contributed by atoms with van der Waals surface area (Å²) in [6.45, 7) is 7.09. The topological polar surface area (TPSA) is 70.2 Å². The molecule has 3 atom stereocenters. The first-order valence-electron chi connectivity index (χ1n) is 14.6. The number of benzene rings is 2. The van der Waals surface area contributed by atoms with E-state index in [2.05, 4.69) is 23.1 Å². The maximum Gasteiger partial charge on any atom is 0.410 e. The molecule has 0 aromatic heterocycles. The molecule has 3 saturated heterocycles. The summed E-state index contributed by atoms with van der Waals surface area (Å²) < 4.78 is 34.7. The Hall–Kier alpha value is -2.42. The van der Waals surface area contributed by atoms with Gasteiger partial charge in [0.05, 0.1) is 11.5 Å². The third-order valence-corrected chi connectivity index (χ3v) is 11.6. The molecule has 4 heterocycles. The smallest absolute Gasteiger partial charge is 0.410 e. The average Bonchev–Trinajstić information content (AvgIpc) is 3.23. The van der Waals surface area contributed by atoms with Crippen LogP contribution in [0.4, 0.5) is 4.79 Å². The first kappa shape index (κ1) is 26.8. The highest BCUT2D eigenvalue weighted by Gasteiger charge is 2.47. The van der Waals surface area contributed by atoms with Gasteiger partial charge in [0.2, 0.25) is 10.0 Å². The van der Waals surface area contributed by atoms with Crippen LogP contribution in [0.15, 0.2) is 53.4 Å². The molecular weight excluding hydrogens is 510 g/mol. The van der Waals surface area contributed by atoms with E-state index in [1.807, 2.05) is 36.9 Å². The van der Waals surface area contributed by atoms with Gasteiger partial charge >= 0.3 is 6.09 Å². The number of hydrogen-bond acceptors (Lipinski definition) is 5. The zero-order valence-electron chi connectivity index (χ0n) is 23.2. The minimum Gasteiger partial charge on any atom is -0.450 e. The first-order valence-corrected chi connectivity index (χ1v) is 16.1. The van der Waals surface area contributed by atoms with E-state index in [1.165, 1.54) is 5.56 Å². The zero-order chi connectivity index (χ0) is 27.2. The Balaban J connectivity index is 1.21. The fourth-order valence-electron chi connectivity index (χ4n) is 7.80. The number of carbonyl (C=O) groups excluding carboxylic acids is 1. The van der Waals surface area contributed by atoms with Crippen LogP contribution < -0.4 is 0 Å². The minimum atomic E-state index is -3.60. The van der Waals surface area contributed by atoms with Gasteiger partial charge in [-0.1, -0.05) is 36.4 Å². The predicted octanol–water partition coefficient (Wildman–Crippen LogP) is 5.08. The average molecular weight is 552 g/mol. The molecule has 6 rings (SSSR count). The number of hydrogen-bond donors (Lipinski definition) is 0. The largest absolute Gasteiger partial charge is 0.450 e. The monoisotopic (exact) mass is 551 g/mol. The predicted molar refractivity (Wildman–Crippen MR) is 151 cm³/mol. The molecule has 2 aromatic carbocycles. The number of ether oxygens (including phenoxy) is 1. The lowest BCUT2D eigenvalue weighted by Gasteiger charge is -2.49. The summed E-state index contributed by atoms with van der Waals surface area (Å²) in [6.07, 6.45) is 7.04. The Kier molecular flexibility index (Phi) is 7.23. The molecule has 1 amide bonds. The molecular formula is C31H41N3O4S. The van der Waals surface area contributed by atoms with Crippen molar-refractivity contribution in [2.24, 2.45) is 0 Å². The van der Waals surface area contributed by atoms with Crippen molar-refractivity contribution in [1.82, 2.24) is 14.1 Å². The van der Waals surface area contributed by atoms with Crippen molar-refractivity contribution in [1.29, 1.82) is 0 Å². The summed E-state index contributed by atoms with van der Waals surface area (Å²) in [5.74, 6) is 0. The second kappa shape index (κ2) is 10.5. The number of rotatable bonds is 4. The van der Waals surface area contributed by atoms with Crippen molar-refractivity contribution in [3.05, 3.63) is 65.2 Å². The highest BCUT2D eigenvalue weighted by molar-refractivity contribution is 7.89. The van der Waals surface area contributed by atoms with E-state index in [9.17, 15) is 13.2 Å². The Morgan fingerprint density at radius 2 is 1.69 bits per heavy atom. The molecule has 2 bridgehead atoms. The molecule has 4 aliphatic rings. The normalized spacial score (nSPS) is 27.2. The number of likely N-dealkylation sites (tertiary alicyclic amines) is 1. The van der Waals surface area contributed by atoms with Gasteiger partial charge in [-0.3, -0.25) is 0 Å². The fourth-order valence-corrected chi connectivity index (χ4v) is 9.41. The van der Waals surface area contributed by atoms with E-state index in [1.54, 1.807) is 16.4 Å². The molecule has 2 aromatic rings. The maximum atomic E-state index is 13.8. The molecule has 0 aliphatic carbocycles. The van der Waals surface area contributed by atoms with Gasteiger partial charge in [0.1, 0.15) is 0 Å². The second-order valence-corrected chi connectivity index (χ2v) is 14.0. The number of amides is 1. The summed E-state index contributed by atoms with van der Waals surface area (Å²) >= 11 is 0. The Labute approximate surface area is 233 Å². The number of carbonyl (C=O) groups is 1. The molecule has 7 nitrogen and oxygen atoms in total. The number of sulfonamides is 1. The standard InChI is InChI=1S/C31H41N3O4S/c1-3-38-30(35)34-25-11-13-26(20-27(34)14-12-25)32-17-15-31(16-18-32)22-33(21-24-8-4-5-10-29(24)31)39(36,37)28-9-6-7-23(2)19-28/h4-10,19,25-27H,3,11-18,20-22H2,1-2H3. The van der Waals surface area contributed by atoms with Crippen molar-refractivity contribution in [2.45, 2.75) is 93.8 Å². The zero-order valence-corrected chi connectivity index (χ0v) is 24.0. The molecule has 39 heavy (non-hydrogen) atoms. The Morgan fingerprint density at radius 3 is 2.44 bits per heavy atom. The molecule has 0 radical (unpaired) electrons. The van der Waals surface area contributed by atoms with Gasteiger partial charge < -0.3 is 14.5 Å². The lowest BCUT2D eigenvalue weighted by atomic mass is 9.69. The van der Waals surface area contributed by atoms with E-state index < -0.39 is 10.0 Å². The lowest BCUT2D eigenvalue weighted by Crippen LogP contribution is -2.55. The molecule has 3 unspecified atom stereocenters. The van der Waals surface area contributed by atoms with Crippen molar-refractivity contribution >= 4 is 16.1 Å². The number of aryl methyl sites for hydroxylation is 1. The number of fused-ring (bicyclic) bond motifs is 4. The van der Waals surface area contributed by atoms with Crippen LogP contribution in [-0.4, -0.2) is 73.0 Å². The summed E-state index contributed by atoms with van der Waals surface area (Å²) in [6, 6.07) is 16.8. The van der Waals surface area contributed by atoms with Crippen molar-refractivity contribution in [3.63, 3.8) is 0 Å². The third-order valence-electron chi connectivity index (χ3n) is 9.79. The molecule has 1 spiro atoms. The summed E-state index contributed by atoms with van der Waals surface area (Å²) in [5, 5.41) is 0. The molecule has 3 fully saturated rings. The fraction of sp³-hybridized carbons (Fsp3) is 0.581. The van der Waals surface area contributed by atoms with Gasteiger partial charge in [0, 0.05) is 36.6 Å². The summed E-state index contributed by atoms with van der Waals surface area (Å²) in [4.78, 5) is 17.7. The Morgan fingerprint density at radius 1 is 0.974 bits per heavy atom. The van der Waals surface area contributed by atoms with Gasteiger partial charge in [-0.05, 0) is 101 Å². The van der Waals surface area contributed by atoms with E-state index in [-0.39, 0.29) is 17.6 Å². The van der Waals surface area contributed by atoms with Crippen molar-refractivity contribution in [3.8, 4) is 0 Å². The van der Waals surface area contributed by atoms with Crippen LogP contribution in [0.25, 0.3) is 0 Å². The molecule has 0 N–H and O–H groups in total. The SMILES string of the molecule is CCOC(=O)N1C2CCC(N3CCC4(CC3)CN(S(=O)(=O)c3cccc(C)c3)Cc3ccccc34)CC1CC2. The second-order valence-electron chi connectivity index (χ2n) is 12.0. The van der Waals surface area contributed by atoms with Gasteiger partial charge in [-0.2, -0.15) is 4.31 Å². The van der Waals surface area contributed by atoms with Gasteiger partial charge in [0.25, 0.3) is 0 Å². The number of piperidine rings is 1. The van der Waals surface area contributed by atoms with Gasteiger partial charge in [-0.25, -0.2) is 13.2 Å². The summed E-state index contributed by atoms with van der Waals surface area (Å²) in [7, 11) is -3.60. The van der Waals surface area contributed by atoms with Crippen LogP contribution in [0.1, 0.15) is 68.6 Å². The minimum absolute atomic E-state index is 0.142. The van der Waals surface area contributed by atoms with Crippen LogP contribution in [0.5, 0.6) is 0 Å². The van der Waals surface area contributed by atoms with Crippen LogP contribution >= 0.6 is 0 Å².